The second kappa shape index (κ2) is 5.16. The summed E-state index contributed by atoms with van der Waals surface area (Å²) in [5, 5.41) is 18.8. The molecule has 1 aliphatic rings. The first-order chi connectivity index (χ1) is 9.65. The van der Waals surface area contributed by atoms with Gasteiger partial charge in [0.2, 0.25) is 0 Å². The Balaban J connectivity index is 1.73. The molecule has 1 unspecified atom stereocenters. The van der Waals surface area contributed by atoms with Gasteiger partial charge in [-0.1, -0.05) is 11.6 Å². The van der Waals surface area contributed by atoms with E-state index in [2.05, 4.69) is 30.3 Å². The van der Waals surface area contributed by atoms with Crippen LogP contribution in [0, 0.1) is 0 Å². The molecule has 0 saturated carbocycles. The van der Waals surface area contributed by atoms with Gasteiger partial charge in [0.05, 0.1) is 6.04 Å². The van der Waals surface area contributed by atoms with E-state index in [9.17, 15) is 4.79 Å². The minimum absolute atomic E-state index is 0.224. The lowest BCUT2D eigenvalue weighted by molar-refractivity contribution is 0.0931. The average Bonchev–Trinajstić information content (AvgIpc) is 3.01. The zero-order valence-corrected chi connectivity index (χ0v) is 11.6. The Labute approximate surface area is 120 Å². The topological polar surface area (TPSA) is 85.6 Å². The number of aryl methyl sites for hydroxylation is 1. The maximum Gasteiger partial charge on any atom is 0.272 e. The van der Waals surface area contributed by atoms with Crippen LogP contribution in [0.25, 0.3) is 0 Å². The monoisotopic (exact) mass is 292 g/mol. The Morgan fingerprint density at radius 1 is 1.35 bits per heavy atom. The van der Waals surface area contributed by atoms with E-state index in [1.54, 1.807) is 0 Å². The predicted molar refractivity (Wildman–Crippen MR) is 71.3 cm³/mol. The summed E-state index contributed by atoms with van der Waals surface area (Å²) < 4.78 is 2.05. The van der Waals surface area contributed by atoms with E-state index in [-0.39, 0.29) is 22.8 Å². The number of rotatable bonds is 3. The first-order valence-corrected chi connectivity index (χ1v) is 6.75. The molecule has 2 aromatic rings. The molecule has 7 nitrogen and oxygen atoms in total. The van der Waals surface area contributed by atoms with Crippen LogP contribution in [0.5, 0.6) is 0 Å². The molecule has 0 spiro atoms. The summed E-state index contributed by atoms with van der Waals surface area (Å²) >= 11 is 5.64. The molecule has 1 amide bonds. The Hall–Kier alpha value is -2.02. The summed E-state index contributed by atoms with van der Waals surface area (Å²) in [5.74, 6) is 1.44. The van der Waals surface area contributed by atoms with Crippen LogP contribution < -0.4 is 5.32 Å². The van der Waals surface area contributed by atoms with Crippen LogP contribution in [0.3, 0.4) is 0 Å². The van der Waals surface area contributed by atoms with Crippen molar-refractivity contribution in [3.63, 3.8) is 0 Å². The van der Waals surface area contributed by atoms with Crippen molar-refractivity contribution in [3.8, 4) is 0 Å². The normalized spacial score (nSPS) is 14.9. The lowest BCUT2D eigenvalue weighted by atomic mass is 10.3. The third-order valence-electron chi connectivity index (χ3n) is 3.24. The molecule has 2 aromatic heterocycles. The molecular formula is C12H13ClN6O. The van der Waals surface area contributed by atoms with Crippen LogP contribution in [-0.2, 0) is 13.0 Å². The number of hydrogen-bond donors (Lipinski definition) is 1. The number of nitrogens with one attached hydrogen (secondary N) is 1. The minimum atomic E-state index is -0.308. The summed E-state index contributed by atoms with van der Waals surface area (Å²) in [5.41, 5.74) is 0.224. The van der Waals surface area contributed by atoms with Crippen LogP contribution in [-0.4, -0.2) is 30.9 Å². The number of nitrogens with zero attached hydrogens (tertiary/aromatic N) is 5. The molecule has 1 aliphatic heterocycles. The van der Waals surface area contributed by atoms with Crippen molar-refractivity contribution in [1.29, 1.82) is 0 Å². The fourth-order valence-corrected chi connectivity index (χ4v) is 2.37. The van der Waals surface area contributed by atoms with E-state index in [4.69, 9.17) is 11.6 Å². The molecule has 1 N–H and O–H groups in total. The van der Waals surface area contributed by atoms with Gasteiger partial charge in [-0.3, -0.25) is 4.79 Å². The van der Waals surface area contributed by atoms with Gasteiger partial charge in [-0.25, -0.2) is 0 Å². The number of hydrogen-bond acceptors (Lipinski definition) is 5. The van der Waals surface area contributed by atoms with E-state index in [0.717, 1.165) is 31.0 Å². The van der Waals surface area contributed by atoms with Crippen LogP contribution in [0.15, 0.2) is 12.1 Å². The summed E-state index contributed by atoms with van der Waals surface area (Å²) in [4.78, 5) is 12.0. The number of aromatic nitrogens is 5. The Bertz CT molecular complexity index is 638. The molecule has 104 valence electrons. The largest absolute Gasteiger partial charge is 0.341 e. The predicted octanol–water partition coefficient (Wildman–Crippen LogP) is 1.16. The SMILES string of the molecule is CC(NC(=O)c1ccc(Cl)nn1)c1nnc2n1CCC2. The Morgan fingerprint density at radius 2 is 2.20 bits per heavy atom. The number of fused-ring (bicyclic) bond motifs is 1. The van der Waals surface area contributed by atoms with Gasteiger partial charge in [0.1, 0.15) is 5.82 Å². The average molecular weight is 293 g/mol. The Kier molecular flexibility index (Phi) is 3.35. The highest BCUT2D eigenvalue weighted by Crippen LogP contribution is 2.19. The summed E-state index contributed by atoms with van der Waals surface area (Å²) in [6, 6.07) is 2.83. The second-order valence-electron chi connectivity index (χ2n) is 4.67. The van der Waals surface area contributed by atoms with Crippen molar-refractivity contribution in [1.82, 2.24) is 30.3 Å². The van der Waals surface area contributed by atoms with Gasteiger partial charge in [-0.2, -0.15) is 0 Å². The lowest BCUT2D eigenvalue weighted by Gasteiger charge is -2.13. The number of carbonyl (C=O) groups excluding carboxylic acids is 1. The summed E-state index contributed by atoms with van der Waals surface area (Å²) in [7, 11) is 0. The Morgan fingerprint density at radius 3 is 2.95 bits per heavy atom. The molecule has 0 aromatic carbocycles. The van der Waals surface area contributed by atoms with Gasteiger partial charge < -0.3 is 9.88 Å². The standard InChI is InChI=1S/C12H13ClN6O/c1-7(11-18-17-10-3-2-6-19(10)11)14-12(20)8-4-5-9(13)16-15-8/h4-5,7H,2-3,6H2,1H3,(H,14,20). The highest BCUT2D eigenvalue weighted by molar-refractivity contribution is 6.29. The van der Waals surface area contributed by atoms with Gasteiger partial charge in [0.15, 0.2) is 16.7 Å². The smallest absolute Gasteiger partial charge is 0.272 e. The number of amides is 1. The maximum absolute atomic E-state index is 12.0. The zero-order chi connectivity index (χ0) is 14.1. The molecule has 0 bridgehead atoms. The van der Waals surface area contributed by atoms with Crippen LogP contribution in [0.2, 0.25) is 5.15 Å². The molecule has 0 fully saturated rings. The quantitative estimate of drug-likeness (QED) is 0.917. The fraction of sp³-hybridized carbons (Fsp3) is 0.417. The second-order valence-corrected chi connectivity index (χ2v) is 5.05. The van der Waals surface area contributed by atoms with Crippen molar-refractivity contribution in [2.75, 3.05) is 0 Å². The van der Waals surface area contributed by atoms with Crippen molar-refractivity contribution in [2.45, 2.75) is 32.4 Å². The van der Waals surface area contributed by atoms with Crippen molar-refractivity contribution in [2.24, 2.45) is 0 Å². The number of carbonyl (C=O) groups is 1. The highest BCUT2D eigenvalue weighted by atomic mass is 35.5. The molecule has 1 atom stereocenters. The van der Waals surface area contributed by atoms with Crippen LogP contribution in [0.4, 0.5) is 0 Å². The first kappa shape index (κ1) is 13.0. The van der Waals surface area contributed by atoms with E-state index >= 15 is 0 Å². The van der Waals surface area contributed by atoms with Gasteiger partial charge in [0.25, 0.3) is 5.91 Å². The fourth-order valence-electron chi connectivity index (χ4n) is 2.27. The molecule has 0 aliphatic carbocycles. The van der Waals surface area contributed by atoms with Gasteiger partial charge in [-0.15, -0.1) is 20.4 Å². The van der Waals surface area contributed by atoms with Crippen LogP contribution in [0.1, 0.15) is 41.5 Å². The van der Waals surface area contributed by atoms with Crippen molar-refractivity contribution < 1.29 is 4.79 Å². The van der Waals surface area contributed by atoms with Crippen molar-refractivity contribution in [3.05, 3.63) is 34.6 Å². The molecule has 20 heavy (non-hydrogen) atoms. The third-order valence-corrected chi connectivity index (χ3v) is 3.44. The molecule has 3 heterocycles. The van der Waals surface area contributed by atoms with E-state index in [1.165, 1.54) is 12.1 Å². The highest BCUT2D eigenvalue weighted by Gasteiger charge is 2.23. The van der Waals surface area contributed by atoms with Crippen molar-refractivity contribution >= 4 is 17.5 Å². The molecule has 0 saturated heterocycles. The third kappa shape index (κ3) is 2.36. The van der Waals surface area contributed by atoms with Crippen LogP contribution >= 0.6 is 11.6 Å². The lowest BCUT2D eigenvalue weighted by Crippen LogP contribution is -2.29. The number of halogens is 1. The van der Waals surface area contributed by atoms with E-state index in [0.29, 0.717) is 0 Å². The molecule has 3 rings (SSSR count). The van der Waals surface area contributed by atoms with E-state index < -0.39 is 0 Å². The van der Waals surface area contributed by atoms with Gasteiger partial charge in [-0.05, 0) is 25.5 Å². The summed E-state index contributed by atoms with van der Waals surface area (Å²) in [6.07, 6.45) is 2.01. The summed E-state index contributed by atoms with van der Waals surface area (Å²) in [6.45, 7) is 2.77. The minimum Gasteiger partial charge on any atom is -0.341 e. The molecule has 0 radical (unpaired) electrons. The van der Waals surface area contributed by atoms with Gasteiger partial charge in [0, 0.05) is 13.0 Å². The molecular weight excluding hydrogens is 280 g/mol. The van der Waals surface area contributed by atoms with Gasteiger partial charge >= 0.3 is 0 Å². The van der Waals surface area contributed by atoms with E-state index in [1.807, 2.05) is 6.92 Å². The maximum atomic E-state index is 12.0. The molecule has 8 heteroatoms. The first-order valence-electron chi connectivity index (χ1n) is 6.37. The zero-order valence-electron chi connectivity index (χ0n) is 10.9.